The van der Waals surface area contributed by atoms with E-state index in [-0.39, 0.29) is 25.3 Å². The highest BCUT2D eigenvalue weighted by Gasteiger charge is 2.31. The molecule has 1 amide bonds. The number of anilines is 1. The van der Waals surface area contributed by atoms with Gasteiger partial charge in [0.25, 0.3) is 0 Å². The molecule has 2 aromatic rings. The van der Waals surface area contributed by atoms with Crippen molar-refractivity contribution in [2.45, 2.75) is 39.9 Å². The lowest BCUT2D eigenvalue weighted by Crippen LogP contribution is -2.41. The standard InChI is InChI=1S/C25H32N2O5S/c1-4-30-24(29)22-20(19-6-5-16(2)13-17(19)3)15-33-23(22)26-21(28)14-27-9-7-18(8-10-27)25-31-11-12-32-25/h5-6,13,15,18,25H,4,7-12,14H2,1-3H3,(H,26,28). The van der Waals surface area contributed by atoms with Gasteiger partial charge in [-0.05, 0) is 57.8 Å². The minimum absolute atomic E-state index is 0.0946. The number of thiophene rings is 1. The van der Waals surface area contributed by atoms with Gasteiger partial charge >= 0.3 is 5.97 Å². The number of ether oxygens (including phenoxy) is 3. The number of carbonyl (C=O) groups is 2. The number of nitrogens with zero attached hydrogens (tertiary/aromatic N) is 1. The molecular formula is C25H32N2O5S. The number of esters is 1. The van der Waals surface area contributed by atoms with Gasteiger partial charge in [-0.15, -0.1) is 11.3 Å². The third-order valence-corrected chi connectivity index (χ3v) is 7.12. The molecule has 1 N–H and O–H groups in total. The summed E-state index contributed by atoms with van der Waals surface area (Å²) in [5.41, 5.74) is 4.43. The Labute approximate surface area is 199 Å². The summed E-state index contributed by atoms with van der Waals surface area (Å²) >= 11 is 1.36. The maximum atomic E-state index is 12.9. The summed E-state index contributed by atoms with van der Waals surface area (Å²) in [6.07, 6.45) is 1.80. The van der Waals surface area contributed by atoms with Crippen molar-refractivity contribution in [3.63, 3.8) is 0 Å². The molecule has 2 aliphatic heterocycles. The van der Waals surface area contributed by atoms with Crippen LogP contribution >= 0.6 is 11.3 Å². The predicted octanol–water partition coefficient (Wildman–Crippen LogP) is 4.23. The van der Waals surface area contributed by atoms with Crippen LogP contribution in [0.3, 0.4) is 0 Å². The highest BCUT2D eigenvalue weighted by Crippen LogP contribution is 2.38. The zero-order valence-electron chi connectivity index (χ0n) is 19.5. The fraction of sp³-hybridized carbons (Fsp3) is 0.520. The number of hydrogen-bond acceptors (Lipinski definition) is 7. The number of amides is 1. The summed E-state index contributed by atoms with van der Waals surface area (Å²) in [4.78, 5) is 27.8. The van der Waals surface area contributed by atoms with Crippen LogP contribution in [0, 0.1) is 19.8 Å². The molecule has 0 saturated carbocycles. The SMILES string of the molecule is CCOC(=O)c1c(-c2ccc(C)cc2C)csc1NC(=O)CN1CCC(C2OCCO2)CC1. The lowest BCUT2D eigenvalue weighted by atomic mass is 9.96. The second-order valence-electron chi connectivity index (χ2n) is 8.66. The molecule has 1 aromatic carbocycles. The van der Waals surface area contributed by atoms with Crippen molar-refractivity contribution in [2.24, 2.45) is 5.92 Å². The maximum Gasteiger partial charge on any atom is 0.341 e. The molecule has 178 valence electrons. The summed E-state index contributed by atoms with van der Waals surface area (Å²) in [5.74, 6) is -0.150. The first kappa shape index (κ1) is 23.9. The first-order valence-corrected chi connectivity index (χ1v) is 12.5. The summed E-state index contributed by atoms with van der Waals surface area (Å²) in [5, 5.41) is 5.43. The Bertz CT molecular complexity index is 991. The first-order valence-electron chi connectivity index (χ1n) is 11.6. The van der Waals surface area contributed by atoms with E-state index in [9.17, 15) is 9.59 Å². The van der Waals surface area contributed by atoms with Gasteiger partial charge in [-0.1, -0.05) is 23.8 Å². The molecule has 2 aliphatic rings. The molecule has 0 spiro atoms. The Balaban J connectivity index is 1.44. The molecule has 3 heterocycles. The third-order valence-electron chi connectivity index (χ3n) is 6.23. The smallest absolute Gasteiger partial charge is 0.341 e. The number of nitrogens with one attached hydrogen (secondary N) is 1. The molecule has 0 radical (unpaired) electrons. The number of aryl methyl sites for hydroxylation is 2. The zero-order chi connectivity index (χ0) is 23.4. The second-order valence-corrected chi connectivity index (χ2v) is 9.54. The van der Waals surface area contributed by atoms with Gasteiger partial charge in [-0.3, -0.25) is 9.69 Å². The summed E-state index contributed by atoms with van der Waals surface area (Å²) in [6, 6.07) is 6.13. The Morgan fingerprint density at radius 2 is 1.88 bits per heavy atom. The highest BCUT2D eigenvalue weighted by atomic mass is 32.1. The number of piperidine rings is 1. The fourth-order valence-corrected chi connectivity index (χ4v) is 5.54. The molecule has 0 unspecified atom stereocenters. The molecule has 7 nitrogen and oxygen atoms in total. The summed E-state index contributed by atoms with van der Waals surface area (Å²) in [6.45, 7) is 9.40. The van der Waals surface area contributed by atoms with E-state index in [2.05, 4.69) is 16.3 Å². The molecule has 0 atom stereocenters. The Morgan fingerprint density at radius 1 is 1.15 bits per heavy atom. The van der Waals surface area contributed by atoms with Gasteiger partial charge < -0.3 is 19.5 Å². The van der Waals surface area contributed by atoms with Crippen LogP contribution in [0.1, 0.15) is 41.3 Å². The van der Waals surface area contributed by atoms with Gasteiger partial charge in [0.15, 0.2) is 6.29 Å². The van der Waals surface area contributed by atoms with Crippen molar-refractivity contribution in [2.75, 3.05) is 44.8 Å². The molecule has 8 heteroatoms. The normalized spacial score (nSPS) is 17.9. The number of likely N-dealkylation sites (tertiary alicyclic amines) is 1. The minimum atomic E-state index is -0.415. The van der Waals surface area contributed by atoms with Gasteiger partial charge in [0.05, 0.1) is 26.4 Å². The lowest BCUT2D eigenvalue weighted by Gasteiger charge is -2.33. The van der Waals surface area contributed by atoms with Crippen LogP contribution in [0.25, 0.3) is 11.1 Å². The van der Waals surface area contributed by atoms with Gasteiger partial charge in [0.1, 0.15) is 10.6 Å². The average Bonchev–Trinajstić information content (AvgIpc) is 3.45. The van der Waals surface area contributed by atoms with Crippen LogP contribution in [0.2, 0.25) is 0 Å². The van der Waals surface area contributed by atoms with Crippen LogP contribution < -0.4 is 5.32 Å². The van der Waals surface area contributed by atoms with Crippen LogP contribution in [0.5, 0.6) is 0 Å². The number of rotatable bonds is 7. The van der Waals surface area contributed by atoms with Gasteiger partial charge in [-0.25, -0.2) is 4.79 Å². The first-order chi connectivity index (χ1) is 16.0. The van der Waals surface area contributed by atoms with Gasteiger partial charge in [-0.2, -0.15) is 0 Å². The van der Waals surface area contributed by atoms with E-state index >= 15 is 0 Å². The molecule has 1 aromatic heterocycles. The van der Waals surface area contributed by atoms with E-state index < -0.39 is 5.97 Å². The molecule has 0 bridgehead atoms. The predicted molar refractivity (Wildman–Crippen MR) is 129 cm³/mol. The highest BCUT2D eigenvalue weighted by molar-refractivity contribution is 7.15. The molecule has 4 rings (SSSR count). The van der Waals surface area contributed by atoms with Crippen molar-refractivity contribution in [1.82, 2.24) is 4.90 Å². The number of benzene rings is 1. The largest absolute Gasteiger partial charge is 0.462 e. The van der Waals surface area contributed by atoms with Crippen LogP contribution in [0.15, 0.2) is 23.6 Å². The van der Waals surface area contributed by atoms with Crippen LogP contribution in [-0.2, 0) is 19.0 Å². The van der Waals surface area contributed by atoms with Gasteiger partial charge in [0, 0.05) is 16.9 Å². The lowest BCUT2D eigenvalue weighted by molar-refractivity contribution is -0.119. The monoisotopic (exact) mass is 472 g/mol. The van der Waals surface area contributed by atoms with Crippen LogP contribution in [0.4, 0.5) is 5.00 Å². The molecule has 2 saturated heterocycles. The van der Waals surface area contributed by atoms with E-state index in [4.69, 9.17) is 14.2 Å². The van der Waals surface area contributed by atoms with Crippen molar-refractivity contribution in [1.29, 1.82) is 0 Å². The van der Waals surface area contributed by atoms with Gasteiger partial charge in [0.2, 0.25) is 5.91 Å². The minimum Gasteiger partial charge on any atom is -0.462 e. The molecule has 0 aliphatic carbocycles. The van der Waals surface area contributed by atoms with Crippen molar-refractivity contribution >= 4 is 28.2 Å². The van der Waals surface area contributed by atoms with Crippen molar-refractivity contribution < 1.29 is 23.8 Å². The van der Waals surface area contributed by atoms with E-state index in [0.29, 0.717) is 29.7 Å². The quantitative estimate of drug-likeness (QED) is 0.608. The Kier molecular flexibility index (Phi) is 7.80. The molecule has 33 heavy (non-hydrogen) atoms. The summed E-state index contributed by atoms with van der Waals surface area (Å²) in [7, 11) is 0. The zero-order valence-corrected chi connectivity index (χ0v) is 20.3. The van der Waals surface area contributed by atoms with E-state index in [1.807, 2.05) is 31.4 Å². The van der Waals surface area contributed by atoms with Crippen molar-refractivity contribution in [3.05, 3.63) is 40.3 Å². The third kappa shape index (κ3) is 5.63. The van der Waals surface area contributed by atoms with Crippen molar-refractivity contribution in [3.8, 4) is 11.1 Å². The Hall–Kier alpha value is -2.26. The van der Waals surface area contributed by atoms with E-state index in [0.717, 1.165) is 48.2 Å². The fourth-order valence-electron chi connectivity index (χ4n) is 4.57. The topological polar surface area (TPSA) is 77.1 Å². The van der Waals surface area contributed by atoms with E-state index in [1.165, 1.54) is 11.3 Å². The van der Waals surface area contributed by atoms with E-state index in [1.54, 1.807) is 6.92 Å². The maximum absolute atomic E-state index is 12.9. The molecular weight excluding hydrogens is 440 g/mol. The number of carbonyl (C=O) groups excluding carboxylic acids is 2. The molecule has 2 fully saturated rings. The Morgan fingerprint density at radius 3 is 2.55 bits per heavy atom. The second kappa shape index (κ2) is 10.8. The van der Waals surface area contributed by atoms with Crippen LogP contribution in [-0.4, -0.2) is 62.5 Å². The summed E-state index contributed by atoms with van der Waals surface area (Å²) < 4.78 is 16.6. The number of hydrogen-bond donors (Lipinski definition) is 1. The average molecular weight is 473 g/mol.